The molecular weight excluding hydrogens is 266 g/mol. The second-order valence-corrected chi connectivity index (χ2v) is 5.85. The Labute approximate surface area is 125 Å². The molecule has 1 aliphatic rings. The SMILES string of the molecule is CNC(=O)c1cccc(NC(=O)C2(C)CCCNC2)c1C. The first-order chi connectivity index (χ1) is 9.98. The van der Waals surface area contributed by atoms with Gasteiger partial charge in [0.2, 0.25) is 5.91 Å². The van der Waals surface area contributed by atoms with E-state index in [1.54, 1.807) is 19.2 Å². The fraction of sp³-hybridized carbons (Fsp3) is 0.500. The Morgan fingerprint density at radius 1 is 1.33 bits per heavy atom. The Morgan fingerprint density at radius 2 is 2.10 bits per heavy atom. The smallest absolute Gasteiger partial charge is 0.251 e. The van der Waals surface area contributed by atoms with Gasteiger partial charge in [0.1, 0.15) is 0 Å². The summed E-state index contributed by atoms with van der Waals surface area (Å²) in [6.07, 6.45) is 1.88. The van der Waals surface area contributed by atoms with E-state index in [2.05, 4.69) is 16.0 Å². The van der Waals surface area contributed by atoms with Gasteiger partial charge in [0.25, 0.3) is 5.91 Å². The van der Waals surface area contributed by atoms with Crippen molar-refractivity contribution in [3.63, 3.8) is 0 Å². The van der Waals surface area contributed by atoms with Gasteiger partial charge >= 0.3 is 0 Å². The number of piperidine rings is 1. The minimum Gasteiger partial charge on any atom is -0.355 e. The summed E-state index contributed by atoms with van der Waals surface area (Å²) in [5.74, 6) is -0.138. The van der Waals surface area contributed by atoms with Crippen molar-refractivity contribution in [3.05, 3.63) is 29.3 Å². The molecule has 0 aliphatic carbocycles. The van der Waals surface area contributed by atoms with Crippen molar-refractivity contribution in [2.75, 3.05) is 25.5 Å². The van der Waals surface area contributed by atoms with E-state index in [9.17, 15) is 9.59 Å². The van der Waals surface area contributed by atoms with Crippen molar-refractivity contribution in [3.8, 4) is 0 Å². The molecule has 1 fully saturated rings. The molecular formula is C16H23N3O2. The normalized spacial score (nSPS) is 21.7. The fourth-order valence-corrected chi connectivity index (χ4v) is 2.67. The van der Waals surface area contributed by atoms with Crippen LogP contribution in [-0.2, 0) is 4.79 Å². The highest BCUT2D eigenvalue weighted by Crippen LogP contribution is 2.28. The average Bonchev–Trinajstić information content (AvgIpc) is 2.49. The summed E-state index contributed by atoms with van der Waals surface area (Å²) < 4.78 is 0. The van der Waals surface area contributed by atoms with Crippen LogP contribution in [0.5, 0.6) is 0 Å². The number of anilines is 1. The molecule has 0 saturated carbocycles. The Morgan fingerprint density at radius 3 is 2.71 bits per heavy atom. The van der Waals surface area contributed by atoms with Crippen LogP contribution >= 0.6 is 0 Å². The van der Waals surface area contributed by atoms with Gasteiger partial charge < -0.3 is 16.0 Å². The molecule has 0 aromatic heterocycles. The van der Waals surface area contributed by atoms with Crippen LogP contribution in [0.15, 0.2) is 18.2 Å². The van der Waals surface area contributed by atoms with Gasteiger partial charge in [-0.15, -0.1) is 0 Å². The molecule has 5 heteroatoms. The molecule has 0 bridgehead atoms. The summed E-state index contributed by atoms with van der Waals surface area (Å²) >= 11 is 0. The van der Waals surface area contributed by atoms with Crippen molar-refractivity contribution < 1.29 is 9.59 Å². The van der Waals surface area contributed by atoms with Crippen LogP contribution in [0.25, 0.3) is 0 Å². The van der Waals surface area contributed by atoms with Gasteiger partial charge in [0.05, 0.1) is 5.41 Å². The zero-order chi connectivity index (χ0) is 15.5. The van der Waals surface area contributed by atoms with Crippen molar-refractivity contribution in [2.45, 2.75) is 26.7 Å². The monoisotopic (exact) mass is 289 g/mol. The van der Waals surface area contributed by atoms with E-state index in [1.807, 2.05) is 19.9 Å². The number of nitrogens with one attached hydrogen (secondary N) is 3. The van der Waals surface area contributed by atoms with Crippen LogP contribution in [0.2, 0.25) is 0 Å². The predicted octanol–water partition coefficient (Wildman–Crippen LogP) is 1.68. The highest BCUT2D eigenvalue weighted by atomic mass is 16.2. The maximum atomic E-state index is 12.5. The number of hydrogen-bond acceptors (Lipinski definition) is 3. The van der Waals surface area contributed by atoms with Gasteiger partial charge in [0.15, 0.2) is 0 Å². The molecule has 1 unspecified atom stereocenters. The summed E-state index contributed by atoms with van der Waals surface area (Å²) in [6, 6.07) is 5.38. The van der Waals surface area contributed by atoms with Crippen molar-refractivity contribution in [2.24, 2.45) is 5.41 Å². The summed E-state index contributed by atoms with van der Waals surface area (Å²) in [5, 5.41) is 8.86. The first-order valence-electron chi connectivity index (χ1n) is 7.32. The maximum absolute atomic E-state index is 12.5. The fourth-order valence-electron chi connectivity index (χ4n) is 2.67. The molecule has 0 spiro atoms. The van der Waals surface area contributed by atoms with Gasteiger partial charge in [-0.1, -0.05) is 6.07 Å². The maximum Gasteiger partial charge on any atom is 0.251 e. The first-order valence-corrected chi connectivity index (χ1v) is 7.32. The molecule has 2 amide bonds. The lowest BCUT2D eigenvalue weighted by molar-refractivity contribution is -0.125. The molecule has 1 heterocycles. The zero-order valence-electron chi connectivity index (χ0n) is 12.9. The summed E-state index contributed by atoms with van der Waals surface area (Å²) in [7, 11) is 1.60. The highest BCUT2D eigenvalue weighted by Gasteiger charge is 2.34. The minimum absolute atomic E-state index is 0.00635. The third kappa shape index (κ3) is 3.24. The van der Waals surface area contributed by atoms with E-state index in [0.29, 0.717) is 17.8 Å². The predicted molar refractivity (Wildman–Crippen MR) is 83.4 cm³/mol. The van der Waals surface area contributed by atoms with E-state index in [0.717, 1.165) is 24.9 Å². The van der Waals surface area contributed by atoms with Crippen LogP contribution in [0, 0.1) is 12.3 Å². The van der Waals surface area contributed by atoms with Gasteiger partial charge in [-0.3, -0.25) is 9.59 Å². The second-order valence-electron chi connectivity index (χ2n) is 5.85. The number of hydrogen-bond donors (Lipinski definition) is 3. The number of carbonyl (C=O) groups is 2. The molecule has 1 saturated heterocycles. The molecule has 2 rings (SSSR count). The van der Waals surface area contributed by atoms with Gasteiger partial charge in [-0.25, -0.2) is 0 Å². The van der Waals surface area contributed by atoms with E-state index >= 15 is 0 Å². The Bertz CT molecular complexity index is 548. The molecule has 1 atom stereocenters. The van der Waals surface area contributed by atoms with Crippen LogP contribution in [-0.4, -0.2) is 32.0 Å². The van der Waals surface area contributed by atoms with Crippen molar-refractivity contribution in [1.82, 2.24) is 10.6 Å². The number of benzene rings is 1. The Kier molecular flexibility index (Phi) is 4.63. The number of amides is 2. The molecule has 3 N–H and O–H groups in total. The molecule has 1 aromatic carbocycles. The number of carbonyl (C=O) groups excluding carboxylic acids is 2. The second kappa shape index (κ2) is 6.26. The Hall–Kier alpha value is -1.88. The van der Waals surface area contributed by atoms with Crippen LogP contribution < -0.4 is 16.0 Å². The third-order valence-electron chi connectivity index (χ3n) is 4.20. The third-order valence-corrected chi connectivity index (χ3v) is 4.20. The largest absolute Gasteiger partial charge is 0.355 e. The summed E-state index contributed by atoms with van der Waals surface area (Å²) in [5.41, 5.74) is 1.68. The zero-order valence-corrected chi connectivity index (χ0v) is 12.9. The lowest BCUT2D eigenvalue weighted by atomic mass is 9.82. The minimum atomic E-state index is -0.395. The van der Waals surface area contributed by atoms with Gasteiger partial charge in [-0.2, -0.15) is 0 Å². The molecule has 21 heavy (non-hydrogen) atoms. The lowest BCUT2D eigenvalue weighted by Gasteiger charge is -2.32. The topological polar surface area (TPSA) is 70.2 Å². The van der Waals surface area contributed by atoms with Crippen LogP contribution in [0.3, 0.4) is 0 Å². The van der Waals surface area contributed by atoms with Gasteiger partial charge in [-0.05, 0) is 50.9 Å². The average molecular weight is 289 g/mol. The van der Waals surface area contributed by atoms with E-state index in [1.165, 1.54) is 0 Å². The standard InChI is InChI=1S/C16H23N3O2/c1-11-12(14(20)17-3)6-4-7-13(11)19-15(21)16(2)8-5-9-18-10-16/h4,6-7,18H,5,8-10H2,1-3H3,(H,17,20)(H,19,21). The van der Waals surface area contributed by atoms with E-state index in [4.69, 9.17) is 0 Å². The molecule has 0 radical (unpaired) electrons. The molecule has 5 nitrogen and oxygen atoms in total. The van der Waals surface area contributed by atoms with Crippen molar-refractivity contribution >= 4 is 17.5 Å². The van der Waals surface area contributed by atoms with Crippen LogP contribution in [0.1, 0.15) is 35.7 Å². The van der Waals surface area contributed by atoms with Crippen LogP contribution in [0.4, 0.5) is 5.69 Å². The summed E-state index contributed by atoms with van der Waals surface area (Å²) in [4.78, 5) is 24.3. The highest BCUT2D eigenvalue weighted by molar-refractivity contribution is 6.00. The quantitative estimate of drug-likeness (QED) is 0.793. The van der Waals surface area contributed by atoms with E-state index < -0.39 is 5.41 Å². The molecule has 1 aliphatic heterocycles. The number of rotatable bonds is 3. The molecule has 1 aromatic rings. The molecule has 114 valence electrons. The Balaban J connectivity index is 2.19. The summed E-state index contributed by atoms with van der Waals surface area (Å²) in [6.45, 7) is 5.48. The van der Waals surface area contributed by atoms with E-state index in [-0.39, 0.29) is 11.8 Å². The van der Waals surface area contributed by atoms with Crippen molar-refractivity contribution in [1.29, 1.82) is 0 Å². The lowest BCUT2D eigenvalue weighted by Crippen LogP contribution is -2.46. The van der Waals surface area contributed by atoms with Gasteiger partial charge in [0, 0.05) is 24.8 Å². The first kappa shape index (κ1) is 15.5.